The van der Waals surface area contributed by atoms with E-state index in [0.717, 1.165) is 6.42 Å². The predicted molar refractivity (Wildman–Crippen MR) is 52.2 cm³/mol. The molecule has 0 aromatic heterocycles. The quantitative estimate of drug-likeness (QED) is 0.585. The minimum Gasteiger partial charge on any atom is -0.371 e. The molecule has 0 radical (unpaired) electrons. The van der Waals surface area contributed by atoms with Crippen molar-refractivity contribution in [2.24, 2.45) is 0 Å². The van der Waals surface area contributed by atoms with E-state index in [1.165, 1.54) is 25.7 Å². The Kier molecular flexibility index (Phi) is 4.37. The number of hydrogen-bond donors (Lipinski definition) is 0. The van der Waals surface area contributed by atoms with Gasteiger partial charge in [-0.05, 0) is 19.3 Å². The molecule has 0 bridgehead atoms. The maximum Gasteiger partial charge on any atom is 0.0759 e. The van der Waals surface area contributed by atoms with Crippen molar-refractivity contribution < 1.29 is 4.74 Å². The van der Waals surface area contributed by atoms with Gasteiger partial charge in [0.25, 0.3) is 0 Å². The fourth-order valence-corrected chi connectivity index (χ4v) is 1.69. The van der Waals surface area contributed by atoms with Gasteiger partial charge < -0.3 is 4.74 Å². The summed E-state index contributed by atoms with van der Waals surface area (Å²) in [4.78, 5) is 0. The molecule has 0 amide bonds. The Morgan fingerprint density at radius 3 is 2.67 bits per heavy atom. The third-order valence-electron chi connectivity index (χ3n) is 2.30. The first-order chi connectivity index (χ1) is 5.86. The van der Waals surface area contributed by atoms with Crippen LogP contribution in [-0.4, -0.2) is 12.2 Å². The summed E-state index contributed by atoms with van der Waals surface area (Å²) in [7, 11) is 0. The summed E-state index contributed by atoms with van der Waals surface area (Å²) in [5.41, 5.74) is 0. The highest BCUT2D eigenvalue weighted by molar-refractivity contribution is 4.95. The van der Waals surface area contributed by atoms with E-state index in [9.17, 15) is 0 Å². The van der Waals surface area contributed by atoms with Crippen LogP contribution in [0.5, 0.6) is 0 Å². The average Bonchev–Trinajstić information content (AvgIpc) is 2.06. The molecule has 0 unspecified atom stereocenters. The van der Waals surface area contributed by atoms with Gasteiger partial charge in [-0.15, -0.1) is 0 Å². The molecule has 0 saturated carbocycles. The van der Waals surface area contributed by atoms with Crippen LogP contribution < -0.4 is 0 Å². The van der Waals surface area contributed by atoms with Gasteiger partial charge in [-0.25, -0.2) is 0 Å². The lowest BCUT2D eigenvalue weighted by Gasteiger charge is -2.25. The lowest BCUT2D eigenvalue weighted by atomic mass is 10.1. The van der Waals surface area contributed by atoms with E-state index in [1.54, 1.807) is 0 Å². The molecule has 12 heavy (non-hydrogen) atoms. The minimum absolute atomic E-state index is 0.403. The van der Waals surface area contributed by atoms with Crippen LogP contribution in [0.15, 0.2) is 12.2 Å². The molecule has 1 nitrogen and oxygen atoms in total. The Morgan fingerprint density at radius 2 is 2.00 bits per heavy atom. The van der Waals surface area contributed by atoms with E-state index in [-0.39, 0.29) is 0 Å². The predicted octanol–water partition coefficient (Wildman–Crippen LogP) is 3.30. The lowest BCUT2D eigenvalue weighted by Crippen LogP contribution is -2.23. The summed E-state index contributed by atoms with van der Waals surface area (Å²) < 4.78 is 5.88. The molecule has 1 aliphatic heterocycles. The Balaban J connectivity index is 2.29. The molecule has 0 saturated heterocycles. The Hall–Kier alpha value is -0.300. The third-order valence-corrected chi connectivity index (χ3v) is 2.30. The highest BCUT2D eigenvalue weighted by Crippen LogP contribution is 2.19. The van der Waals surface area contributed by atoms with Gasteiger partial charge >= 0.3 is 0 Å². The van der Waals surface area contributed by atoms with E-state index in [4.69, 9.17) is 4.74 Å². The average molecular weight is 168 g/mol. The van der Waals surface area contributed by atoms with Crippen molar-refractivity contribution in [3.05, 3.63) is 12.2 Å². The first-order valence-electron chi connectivity index (χ1n) is 5.19. The zero-order valence-corrected chi connectivity index (χ0v) is 8.25. The van der Waals surface area contributed by atoms with Gasteiger partial charge in [-0.1, -0.05) is 38.8 Å². The highest BCUT2D eigenvalue weighted by atomic mass is 16.5. The van der Waals surface area contributed by atoms with Crippen molar-refractivity contribution >= 4 is 0 Å². The molecule has 0 fully saturated rings. The topological polar surface area (TPSA) is 9.23 Å². The summed E-state index contributed by atoms with van der Waals surface area (Å²) in [5, 5.41) is 0. The third kappa shape index (κ3) is 2.98. The van der Waals surface area contributed by atoms with E-state index >= 15 is 0 Å². The molecule has 2 atom stereocenters. The van der Waals surface area contributed by atoms with Gasteiger partial charge in [0.15, 0.2) is 0 Å². The molecular formula is C11H20O. The lowest BCUT2D eigenvalue weighted by molar-refractivity contribution is -0.00254. The van der Waals surface area contributed by atoms with E-state index in [1.807, 2.05) is 0 Å². The van der Waals surface area contributed by atoms with Crippen LogP contribution >= 0.6 is 0 Å². The van der Waals surface area contributed by atoms with Gasteiger partial charge in [0.2, 0.25) is 0 Å². The smallest absolute Gasteiger partial charge is 0.0759 e. The monoisotopic (exact) mass is 168 g/mol. The highest BCUT2D eigenvalue weighted by Gasteiger charge is 2.15. The van der Waals surface area contributed by atoms with Gasteiger partial charge in [-0.2, -0.15) is 0 Å². The number of ether oxygens (including phenoxy) is 1. The van der Waals surface area contributed by atoms with Crippen LogP contribution in [0.2, 0.25) is 0 Å². The summed E-state index contributed by atoms with van der Waals surface area (Å²) in [6.07, 6.45) is 11.4. The van der Waals surface area contributed by atoms with Crippen LogP contribution in [-0.2, 0) is 4.74 Å². The summed E-state index contributed by atoms with van der Waals surface area (Å²) in [6, 6.07) is 0. The number of hydrogen-bond acceptors (Lipinski definition) is 1. The van der Waals surface area contributed by atoms with Crippen LogP contribution in [0.25, 0.3) is 0 Å². The molecule has 1 aliphatic rings. The molecule has 0 aromatic carbocycles. The summed E-state index contributed by atoms with van der Waals surface area (Å²) in [6.45, 7) is 4.43. The summed E-state index contributed by atoms with van der Waals surface area (Å²) in [5.74, 6) is 0. The Morgan fingerprint density at radius 1 is 1.25 bits per heavy atom. The Bertz CT molecular complexity index is 140. The fourth-order valence-electron chi connectivity index (χ4n) is 1.69. The molecule has 0 N–H and O–H groups in total. The second-order valence-corrected chi connectivity index (χ2v) is 3.54. The fraction of sp³-hybridized carbons (Fsp3) is 0.818. The van der Waals surface area contributed by atoms with Crippen LogP contribution in [0.4, 0.5) is 0 Å². The zero-order chi connectivity index (χ0) is 8.81. The second-order valence-electron chi connectivity index (χ2n) is 3.54. The normalized spacial score (nSPS) is 29.2. The maximum absolute atomic E-state index is 5.88. The van der Waals surface area contributed by atoms with E-state index in [2.05, 4.69) is 26.0 Å². The van der Waals surface area contributed by atoms with Crippen molar-refractivity contribution in [2.75, 3.05) is 0 Å². The molecule has 70 valence electrons. The largest absolute Gasteiger partial charge is 0.371 e. The Labute approximate surface area is 75.8 Å². The van der Waals surface area contributed by atoms with Gasteiger partial charge in [0.1, 0.15) is 0 Å². The molecule has 0 spiro atoms. The van der Waals surface area contributed by atoms with Gasteiger partial charge in [0, 0.05) is 0 Å². The molecule has 0 aromatic rings. The van der Waals surface area contributed by atoms with Crippen molar-refractivity contribution in [3.8, 4) is 0 Å². The SMILES string of the molecule is CCC[C@H]1CC=C[C@@H](CCC)O1. The van der Waals surface area contributed by atoms with E-state index in [0.29, 0.717) is 12.2 Å². The number of rotatable bonds is 4. The standard InChI is InChI=1S/C11H20O/c1-3-6-10-8-5-9-11(12-10)7-4-2/h5,8,10-11H,3-4,6-7,9H2,1-2H3/t10-,11+/m1/s1. The van der Waals surface area contributed by atoms with Gasteiger partial charge in [0.05, 0.1) is 12.2 Å². The first kappa shape index (κ1) is 9.79. The molecular weight excluding hydrogens is 148 g/mol. The van der Waals surface area contributed by atoms with Crippen molar-refractivity contribution in [1.29, 1.82) is 0 Å². The van der Waals surface area contributed by atoms with Gasteiger partial charge in [-0.3, -0.25) is 0 Å². The zero-order valence-electron chi connectivity index (χ0n) is 8.25. The molecule has 1 rings (SSSR count). The van der Waals surface area contributed by atoms with Crippen LogP contribution in [0.3, 0.4) is 0 Å². The summed E-state index contributed by atoms with van der Waals surface area (Å²) >= 11 is 0. The minimum atomic E-state index is 0.403. The van der Waals surface area contributed by atoms with E-state index < -0.39 is 0 Å². The molecule has 1 heteroatoms. The first-order valence-corrected chi connectivity index (χ1v) is 5.19. The van der Waals surface area contributed by atoms with Crippen LogP contribution in [0, 0.1) is 0 Å². The van der Waals surface area contributed by atoms with Crippen LogP contribution in [0.1, 0.15) is 46.0 Å². The molecule has 0 aliphatic carbocycles. The second kappa shape index (κ2) is 5.36. The van der Waals surface area contributed by atoms with Crippen molar-refractivity contribution in [3.63, 3.8) is 0 Å². The molecule has 1 heterocycles. The van der Waals surface area contributed by atoms with Crippen molar-refractivity contribution in [1.82, 2.24) is 0 Å². The van der Waals surface area contributed by atoms with Crippen molar-refractivity contribution in [2.45, 2.75) is 58.2 Å². The maximum atomic E-state index is 5.88.